The number of unbranched alkanes of at least 4 members (excludes halogenated alkanes) is 1. The number of rotatable bonds is 5. The molecular weight excluding hydrogens is 228 g/mol. The van der Waals surface area contributed by atoms with Crippen LogP contribution in [-0.4, -0.2) is 29.1 Å². The van der Waals surface area contributed by atoms with Gasteiger partial charge in [0.25, 0.3) is 5.91 Å². The van der Waals surface area contributed by atoms with Gasteiger partial charge in [0.1, 0.15) is 0 Å². The number of aromatic nitrogens is 1. The molecule has 88 valence electrons. The van der Waals surface area contributed by atoms with Gasteiger partial charge >= 0.3 is 0 Å². The van der Waals surface area contributed by atoms with Gasteiger partial charge in [-0.1, -0.05) is 11.6 Å². The van der Waals surface area contributed by atoms with Gasteiger partial charge in [-0.3, -0.25) is 9.78 Å². The number of aliphatic hydroxyl groups is 1. The van der Waals surface area contributed by atoms with Gasteiger partial charge < -0.3 is 10.4 Å². The Morgan fingerprint density at radius 2 is 2.31 bits per heavy atom. The first-order valence-corrected chi connectivity index (χ1v) is 5.54. The maximum absolute atomic E-state index is 11.6. The number of halogens is 1. The number of nitrogens with one attached hydrogen (secondary N) is 1. The molecule has 0 unspecified atom stereocenters. The number of carbonyl (C=O) groups is 1. The van der Waals surface area contributed by atoms with Crippen LogP contribution in [0.3, 0.4) is 0 Å². The molecule has 2 N–H and O–H groups in total. The minimum Gasteiger partial charge on any atom is -0.396 e. The summed E-state index contributed by atoms with van der Waals surface area (Å²) < 4.78 is 0. The molecule has 1 aromatic heterocycles. The highest BCUT2D eigenvalue weighted by molar-refractivity contribution is 6.33. The molecule has 5 heteroatoms. The molecule has 1 aromatic rings. The van der Waals surface area contributed by atoms with E-state index >= 15 is 0 Å². The van der Waals surface area contributed by atoms with E-state index in [-0.39, 0.29) is 12.5 Å². The van der Waals surface area contributed by atoms with Crippen LogP contribution >= 0.6 is 11.6 Å². The van der Waals surface area contributed by atoms with Gasteiger partial charge in [0.15, 0.2) is 0 Å². The third kappa shape index (κ3) is 3.79. The van der Waals surface area contributed by atoms with Crippen LogP contribution in [0.1, 0.15) is 28.9 Å². The molecule has 16 heavy (non-hydrogen) atoms. The van der Waals surface area contributed by atoms with Crippen molar-refractivity contribution in [2.45, 2.75) is 19.8 Å². The molecule has 0 radical (unpaired) electrons. The van der Waals surface area contributed by atoms with Gasteiger partial charge in [0.2, 0.25) is 0 Å². The fourth-order valence-corrected chi connectivity index (χ4v) is 1.52. The molecule has 0 aliphatic heterocycles. The second kappa shape index (κ2) is 6.45. The molecule has 0 aromatic carbocycles. The summed E-state index contributed by atoms with van der Waals surface area (Å²) in [6.45, 7) is 2.49. The normalized spacial score (nSPS) is 10.2. The fraction of sp³-hybridized carbons (Fsp3) is 0.455. The Morgan fingerprint density at radius 3 is 2.94 bits per heavy atom. The summed E-state index contributed by atoms with van der Waals surface area (Å²) in [6.07, 6.45) is 2.90. The van der Waals surface area contributed by atoms with Crippen molar-refractivity contribution in [1.82, 2.24) is 10.3 Å². The van der Waals surface area contributed by atoms with E-state index in [9.17, 15) is 4.79 Å². The van der Waals surface area contributed by atoms with Crippen LogP contribution in [0.5, 0.6) is 0 Å². The Kier molecular flexibility index (Phi) is 5.22. The van der Waals surface area contributed by atoms with Gasteiger partial charge in [0.05, 0.1) is 10.6 Å². The van der Waals surface area contributed by atoms with Crippen molar-refractivity contribution in [2.75, 3.05) is 13.2 Å². The van der Waals surface area contributed by atoms with Crippen LogP contribution in [0.2, 0.25) is 5.02 Å². The van der Waals surface area contributed by atoms with Crippen molar-refractivity contribution in [1.29, 1.82) is 0 Å². The van der Waals surface area contributed by atoms with Crippen molar-refractivity contribution in [3.05, 3.63) is 28.5 Å². The van der Waals surface area contributed by atoms with Gasteiger partial charge in [0, 0.05) is 25.0 Å². The molecule has 0 spiro atoms. The molecule has 0 saturated carbocycles. The van der Waals surface area contributed by atoms with E-state index in [0.29, 0.717) is 23.6 Å². The summed E-state index contributed by atoms with van der Waals surface area (Å²) in [7, 11) is 0. The van der Waals surface area contributed by atoms with Crippen LogP contribution in [0.15, 0.2) is 12.3 Å². The van der Waals surface area contributed by atoms with Crippen LogP contribution in [0.25, 0.3) is 0 Å². The van der Waals surface area contributed by atoms with Gasteiger partial charge in [-0.05, 0) is 25.8 Å². The van der Waals surface area contributed by atoms with E-state index in [1.165, 1.54) is 6.20 Å². The molecule has 0 aliphatic rings. The van der Waals surface area contributed by atoms with Crippen LogP contribution in [0.4, 0.5) is 0 Å². The topological polar surface area (TPSA) is 62.2 Å². The Labute approximate surface area is 99.6 Å². The second-order valence-electron chi connectivity index (χ2n) is 3.49. The number of hydrogen-bond donors (Lipinski definition) is 2. The number of aryl methyl sites for hydroxylation is 1. The summed E-state index contributed by atoms with van der Waals surface area (Å²) in [5, 5.41) is 11.7. The average Bonchev–Trinajstić information content (AvgIpc) is 2.24. The predicted octanol–water partition coefficient (Wildman–Crippen LogP) is 1.55. The minimum absolute atomic E-state index is 0.142. The number of pyridine rings is 1. The Balaban J connectivity index is 2.53. The van der Waals surface area contributed by atoms with Gasteiger partial charge in [-0.15, -0.1) is 0 Å². The van der Waals surface area contributed by atoms with E-state index in [0.717, 1.165) is 12.1 Å². The highest BCUT2D eigenvalue weighted by atomic mass is 35.5. The molecule has 0 bridgehead atoms. The van der Waals surface area contributed by atoms with Crippen LogP contribution in [-0.2, 0) is 0 Å². The zero-order valence-corrected chi connectivity index (χ0v) is 9.92. The van der Waals surface area contributed by atoms with Crippen molar-refractivity contribution in [3.63, 3.8) is 0 Å². The van der Waals surface area contributed by atoms with E-state index in [1.54, 1.807) is 6.07 Å². The zero-order chi connectivity index (χ0) is 12.0. The maximum Gasteiger partial charge on any atom is 0.254 e. The number of aliphatic hydroxyl groups excluding tert-OH is 1. The Bertz CT molecular complexity index is 369. The first kappa shape index (κ1) is 12.9. The van der Waals surface area contributed by atoms with E-state index < -0.39 is 0 Å². The molecule has 0 fully saturated rings. The third-order valence-electron chi connectivity index (χ3n) is 2.11. The van der Waals surface area contributed by atoms with Crippen molar-refractivity contribution in [2.24, 2.45) is 0 Å². The first-order valence-electron chi connectivity index (χ1n) is 5.16. The SMILES string of the molecule is Cc1cc(Cl)c(C(=O)NCCCCO)cn1. The lowest BCUT2D eigenvalue weighted by Gasteiger charge is -2.06. The van der Waals surface area contributed by atoms with Crippen LogP contribution in [0, 0.1) is 6.92 Å². The Morgan fingerprint density at radius 1 is 1.56 bits per heavy atom. The minimum atomic E-state index is -0.226. The van der Waals surface area contributed by atoms with E-state index in [2.05, 4.69) is 10.3 Å². The Hall–Kier alpha value is -1.13. The molecule has 0 aliphatic carbocycles. The molecule has 0 saturated heterocycles. The van der Waals surface area contributed by atoms with E-state index in [4.69, 9.17) is 16.7 Å². The fourth-order valence-electron chi connectivity index (χ4n) is 1.23. The summed E-state index contributed by atoms with van der Waals surface area (Å²) in [5.41, 5.74) is 1.16. The van der Waals surface area contributed by atoms with Crippen molar-refractivity contribution < 1.29 is 9.90 Å². The van der Waals surface area contributed by atoms with Gasteiger partial charge in [-0.2, -0.15) is 0 Å². The number of amides is 1. The second-order valence-corrected chi connectivity index (χ2v) is 3.90. The van der Waals surface area contributed by atoms with Crippen molar-refractivity contribution >= 4 is 17.5 Å². The van der Waals surface area contributed by atoms with Crippen molar-refractivity contribution in [3.8, 4) is 0 Å². The monoisotopic (exact) mass is 242 g/mol. The molecule has 1 rings (SSSR count). The number of hydrogen-bond acceptors (Lipinski definition) is 3. The quantitative estimate of drug-likeness (QED) is 0.770. The molecule has 4 nitrogen and oxygen atoms in total. The van der Waals surface area contributed by atoms with E-state index in [1.807, 2.05) is 6.92 Å². The highest BCUT2D eigenvalue weighted by Crippen LogP contribution is 2.15. The smallest absolute Gasteiger partial charge is 0.254 e. The summed E-state index contributed by atoms with van der Waals surface area (Å²) in [4.78, 5) is 15.7. The molecule has 0 atom stereocenters. The lowest BCUT2D eigenvalue weighted by molar-refractivity contribution is 0.0952. The summed E-state index contributed by atoms with van der Waals surface area (Å²) in [5.74, 6) is -0.226. The first-order chi connectivity index (χ1) is 7.65. The highest BCUT2D eigenvalue weighted by Gasteiger charge is 2.09. The predicted molar refractivity (Wildman–Crippen MR) is 62.6 cm³/mol. The summed E-state index contributed by atoms with van der Waals surface area (Å²) >= 11 is 5.92. The summed E-state index contributed by atoms with van der Waals surface area (Å²) in [6, 6.07) is 1.66. The maximum atomic E-state index is 11.6. The van der Waals surface area contributed by atoms with Crippen LogP contribution < -0.4 is 5.32 Å². The molecule has 1 amide bonds. The lowest BCUT2D eigenvalue weighted by Crippen LogP contribution is -2.25. The average molecular weight is 243 g/mol. The molecule has 1 heterocycles. The largest absolute Gasteiger partial charge is 0.396 e. The number of nitrogens with zero attached hydrogens (tertiary/aromatic N) is 1. The standard InChI is InChI=1S/C11H15ClN2O2/c1-8-6-10(12)9(7-14-8)11(16)13-4-2-3-5-15/h6-7,15H,2-5H2,1H3,(H,13,16). The third-order valence-corrected chi connectivity index (χ3v) is 2.42. The lowest BCUT2D eigenvalue weighted by atomic mass is 10.2. The molecular formula is C11H15ClN2O2. The van der Waals surface area contributed by atoms with Gasteiger partial charge in [-0.25, -0.2) is 0 Å². The number of carbonyl (C=O) groups excluding carboxylic acids is 1. The zero-order valence-electron chi connectivity index (χ0n) is 9.16.